The minimum Gasteiger partial charge on any atom is -0.374 e. The smallest absolute Gasteiger partial charge is 0.0651 e. The molecule has 0 spiro atoms. The van der Waals surface area contributed by atoms with Crippen LogP contribution in [0.3, 0.4) is 0 Å². The third-order valence-corrected chi connectivity index (χ3v) is 1.53. The molecule has 0 bridgehead atoms. The minimum absolute atomic E-state index is 0.379. The molecule has 0 aromatic heterocycles. The molecule has 0 heterocycles. The van der Waals surface area contributed by atoms with Crippen LogP contribution in [0.2, 0.25) is 0 Å². The van der Waals surface area contributed by atoms with Crippen LogP contribution in [0.5, 0.6) is 0 Å². The molecular formula is C8H16OS. The van der Waals surface area contributed by atoms with E-state index in [4.69, 9.17) is 4.74 Å². The molecule has 0 N–H and O–H groups in total. The molecule has 0 saturated heterocycles. The zero-order valence-corrected chi connectivity index (χ0v) is 7.60. The summed E-state index contributed by atoms with van der Waals surface area (Å²) in [7, 11) is 0. The quantitative estimate of drug-likeness (QED) is 0.479. The van der Waals surface area contributed by atoms with E-state index < -0.39 is 0 Å². The number of ether oxygens (including phenoxy) is 1. The van der Waals surface area contributed by atoms with Crippen molar-refractivity contribution in [1.82, 2.24) is 0 Å². The topological polar surface area (TPSA) is 9.23 Å². The molecule has 0 saturated carbocycles. The summed E-state index contributed by atoms with van der Waals surface area (Å²) in [5, 5.41) is 0. The lowest BCUT2D eigenvalue weighted by molar-refractivity contribution is 0.0856. The average molecular weight is 160 g/mol. The van der Waals surface area contributed by atoms with Gasteiger partial charge in [-0.25, -0.2) is 0 Å². The second kappa shape index (κ2) is 7.16. The summed E-state index contributed by atoms with van der Waals surface area (Å²) in [5.74, 6) is 0.796. The number of thiol groups is 1. The Morgan fingerprint density at radius 3 is 2.70 bits per heavy atom. The van der Waals surface area contributed by atoms with E-state index in [0.29, 0.717) is 6.10 Å². The first-order valence-corrected chi connectivity index (χ1v) is 4.32. The number of hydrogen-bond donors (Lipinski definition) is 1. The highest BCUT2D eigenvalue weighted by Gasteiger charge is 1.93. The molecule has 1 atom stereocenters. The first kappa shape index (κ1) is 10.0. The molecular weight excluding hydrogens is 144 g/mol. The summed E-state index contributed by atoms with van der Waals surface area (Å²) in [6, 6.07) is 0. The second-order valence-electron chi connectivity index (χ2n) is 2.21. The molecule has 0 aliphatic heterocycles. The van der Waals surface area contributed by atoms with Crippen molar-refractivity contribution in [2.45, 2.75) is 26.4 Å². The van der Waals surface area contributed by atoms with Crippen LogP contribution in [-0.2, 0) is 4.74 Å². The maximum atomic E-state index is 5.37. The Balaban J connectivity index is 3.10. The standard InChI is InChI=1S/C8H16OS/c1-3-8(2)9-6-4-5-7-10/h4-5,8,10H,3,6-7H2,1-2H3. The van der Waals surface area contributed by atoms with Gasteiger partial charge in [-0.3, -0.25) is 0 Å². The Hall–Kier alpha value is 0.0500. The third kappa shape index (κ3) is 6.17. The summed E-state index contributed by atoms with van der Waals surface area (Å²) in [6.07, 6.45) is 5.45. The summed E-state index contributed by atoms with van der Waals surface area (Å²) in [5.41, 5.74) is 0. The molecule has 10 heavy (non-hydrogen) atoms. The van der Waals surface area contributed by atoms with Crippen molar-refractivity contribution in [2.75, 3.05) is 12.4 Å². The molecule has 0 rings (SSSR count). The third-order valence-electron chi connectivity index (χ3n) is 1.32. The maximum absolute atomic E-state index is 5.37. The van der Waals surface area contributed by atoms with Crippen molar-refractivity contribution in [3.05, 3.63) is 12.2 Å². The predicted molar refractivity (Wildman–Crippen MR) is 48.7 cm³/mol. The molecule has 0 fully saturated rings. The van der Waals surface area contributed by atoms with E-state index in [9.17, 15) is 0 Å². The van der Waals surface area contributed by atoms with E-state index in [1.165, 1.54) is 0 Å². The Kier molecular flexibility index (Phi) is 7.20. The average Bonchev–Trinajstić information content (AvgIpc) is 1.98. The Morgan fingerprint density at radius 2 is 2.20 bits per heavy atom. The van der Waals surface area contributed by atoms with Crippen molar-refractivity contribution in [3.63, 3.8) is 0 Å². The maximum Gasteiger partial charge on any atom is 0.0651 e. The Labute approximate surface area is 68.9 Å². The summed E-state index contributed by atoms with van der Waals surface area (Å²) in [6.45, 7) is 4.91. The fourth-order valence-corrected chi connectivity index (χ4v) is 0.629. The molecule has 0 amide bonds. The molecule has 0 aromatic rings. The fourth-order valence-electron chi connectivity index (χ4n) is 0.480. The lowest BCUT2D eigenvalue weighted by atomic mass is 10.3. The highest BCUT2D eigenvalue weighted by Crippen LogP contribution is 1.94. The molecule has 2 heteroatoms. The van der Waals surface area contributed by atoms with E-state index in [-0.39, 0.29) is 0 Å². The highest BCUT2D eigenvalue weighted by atomic mass is 32.1. The minimum atomic E-state index is 0.379. The van der Waals surface area contributed by atoms with Gasteiger partial charge in [-0.15, -0.1) is 0 Å². The lowest BCUT2D eigenvalue weighted by Crippen LogP contribution is -2.05. The first-order valence-electron chi connectivity index (χ1n) is 3.68. The van der Waals surface area contributed by atoms with Crippen LogP contribution in [0.1, 0.15) is 20.3 Å². The van der Waals surface area contributed by atoms with Crippen molar-refractivity contribution >= 4 is 12.6 Å². The number of rotatable bonds is 5. The summed E-state index contributed by atoms with van der Waals surface area (Å²) in [4.78, 5) is 0. The lowest BCUT2D eigenvalue weighted by Gasteiger charge is -2.06. The second-order valence-corrected chi connectivity index (χ2v) is 2.57. The highest BCUT2D eigenvalue weighted by molar-refractivity contribution is 7.80. The molecule has 0 aromatic carbocycles. The first-order chi connectivity index (χ1) is 4.81. The largest absolute Gasteiger partial charge is 0.374 e. The SMILES string of the molecule is CCC(C)OCC=CCS. The number of hydrogen-bond acceptors (Lipinski definition) is 2. The molecule has 0 radical (unpaired) electrons. The van der Waals surface area contributed by atoms with Crippen molar-refractivity contribution < 1.29 is 4.74 Å². The van der Waals surface area contributed by atoms with E-state index in [1.54, 1.807) is 0 Å². The van der Waals surface area contributed by atoms with Crippen LogP contribution in [0.25, 0.3) is 0 Å². The van der Waals surface area contributed by atoms with Crippen LogP contribution < -0.4 is 0 Å². The van der Waals surface area contributed by atoms with Gasteiger partial charge in [-0.2, -0.15) is 12.6 Å². The summed E-state index contributed by atoms with van der Waals surface area (Å²) < 4.78 is 5.37. The Morgan fingerprint density at radius 1 is 1.50 bits per heavy atom. The van der Waals surface area contributed by atoms with Gasteiger partial charge in [0.2, 0.25) is 0 Å². The van der Waals surface area contributed by atoms with Gasteiger partial charge >= 0.3 is 0 Å². The van der Waals surface area contributed by atoms with Gasteiger partial charge in [0.15, 0.2) is 0 Å². The van der Waals surface area contributed by atoms with Gasteiger partial charge in [0.05, 0.1) is 12.7 Å². The van der Waals surface area contributed by atoms with Crippen LogP contribution in [0.15, 0.2) is 12.2 Å². The normalized spacial score (nSPS) is 14.3. The van der Waals surface area contributed by atoms with Crippen LogP contribution in [-0.4, -0.2) is 18.5 Å². The van der Waals surface area contributed by atoms with Gasteiger partial charge in [0.1, 0.15) is 0 Å². The monoisotopic (exact) mass is 160 g/mol. The van der Waals surface area contributed by atoms with Crippen LogP contribution in [0, 0.1) is 0 Å². The van der Waals surface area contributed by atoms with E-state index in [2.05, 4.69) is 26.5 Å². The summed E-state index contributed by atoms with van der Waals surface area (Å²) >= 11 is 4.03. The van der Waals surface area contributed by atoms with Gasteiger partial charge in [0.25, 0.3) is 0 Å². The molecule has 60 valence electrons. The van der Waals surface area contributed by atoms with E-state index in [0.717, 1.165) is 18.8 Å². The van der Waals surface area contributed by atoms with E-state index >= 15 is 0 Å². The van der Waals surface area contributed by atoms with Gasteiger partial charge in [0, 0.05) is 5.75 Å². The zero-order chi connectivity index (χ0) is 7.82. The van der Waals surface area contributed by atoms with E-state index in [1.807, 2.05) is 12.2 Å². The van der Waals surface area contributed by atoms with Crippen molar-refractivity contribution in [1.29, 1.82) is 0 Å². The fraction of sp³-hybridized carbons (Fsp3) is 0.750. The van der Waals surface area contributed by atoms with Crippen LogP contribution >= 0.6 is 12.6 Å². The molecule has 1 nitrogen and oxygen atoms in total. The van der Waals surface area contributed by atoms with Gasteiger partial charge in [-0.1, -0.05) is 19.1 Å². The van der Waals surface area contributed by atoms with Crippen molar-refractivity contribution in [2.24, 2.45) is 0 Å². The molecule has 0 aliphatic rings. The zero-order valence-electron chi connectivity index (χ0n) is 6.71. The van der Waals surface area contributed by atoms with Gasteiger partial charge in [-0.05, 0) is 13.3 Å². The van der Waals surface area contributed by atoms with Crippen molar-refractivity contribution in [3.8, 4) is 0 Å². The molecule has 0 aliphatic carbocycles. The molecule has 1 unspecified atom stereocenters. The predicted octanol–water partition coefficient (Wildman–Crippen LogP) is 2.29. The Bertz CT molecular complexity index is 91.3. The van der Waals surface area contributed by atoms with Crippen LogP contribution in [0.4, 0.5) is 0 Å². The van der Waals surface area contributed by atoms with Gasteiger partial charge < -0.3 is 4.74 Å².